The van der Waals surface area contributed by atoms with Crippen molar-refractivity contribution < 1.29 is 0 Å². The summed E-state index contributed by atoms with van der Waals surface area (Å²) in [5.41, 5.74) is 2.24. The SMILES string of the molecule is O=c1ccccn1CCNCc1cccc2cccnc12. The molecule has 0 saturated heterocycles. The molecule has 3 aromatic rings. The van der Waals surface area contributed by atoms with Crippen molar-refractivity contribution in [1.29, 1.82) is 0 Å². The number of aromatic nitrogens is 2. The molecule has 106 valence electrons. The van der Waals surface area contributed by atoms with Gasteiger partial charge in [0.25, 0.3) is 5.56 Å². The van der Waals surface area contributed by atoms with Crippen molar-refractivity contribution in [2.24, 2.45) is 0 Å². The van der Waals surface area contributed by atoms with Gasteiger partial charge in [-0.15, -0.1) is 0 Å². The molecule has 0 aliphatic rings. The van der Waals surface area contributed by atoms with Crippen LogP contribution < -0.4 is 10.9 Å². The lowest BCUT2D eigenvalue weighted by molar-refractivity contribution is 0.586. The second-order valence-corrected chi connectivity index (χ2v) is 4.90. The number of benzene rings is 1. The largest absolute Gasteiger partial charge is 0.314 e. The summed E-state index contributed by atoms with van der Waals surface area (Å²) in [6.45, 7) is 2.15. The number of pyridine rings is 2. The van der Waals surface area contributed by atoms with Gasteiger partial charge in [0.2, 0.25) is 0 Å². The lowest BCUT2D eigenvalue weighted by atomic mass is 10.1. The van der Waals surface area contributed by atoms with Crippen molar-refractivity contribution in [2.75, 3.05) is 6.54 Å². The number of hydrogen-bond acceptors (Lipinski definition) is 3. The molecule has 2 heterocycles. The first-order valence-corrected chi connectivity index (χ1v) is 7.03. The van der Waals surface area contributed by atoms with Gasteiger partial charge in [0.05, 0.1) is 5.52 Å². The summed E-state index contributed by atoms with van der Waals surface area (Å²) in [7, 11) is 0. The van der Waals surface area contributed by atoms with Crippen molar-refractivity contribution in [1.82, 2.24) is 14.9 Å². The van der Waals surface area contributed by atoms with E-state index in [0.717, 1.165) is 24.0 Å². The van der Waals surface area contributed by atoms with Crippen LogP contribution in [0.1, 0.15) is 5.56 Å². The second-order valence-electron chi connectivity index (χ2n) is 4.90. The summed E-state index contributed by atoms with van der Waals surface area (Å²) < 4.78 is 1.70. The van der Waals surface area contributed by atoms with E-state index in [1.54, 1.807) is 16.7 Å². The highest BCUT2D eigenvalue weighted by Crippen LogP contribution is 2.15. The molecule has 0 spiro atoms. The fourth-order valence-corrected chi connectivity index (χ4v) is 2.38. The molecule has 4 heteroatoms. The topological polar surface area (TPSA) is 46.9 Å². The average Bonchev–Trinajstić information content (AvgIpc) is 2.53. The fourth-order valence-electron chi connectivity index (χ4n) is 2.38. The Morgan fingerprint density at radius 2 is 1.95 bits per heavy atom. The third kappa shape index (κ3) is 3.17. The van der Waals surface area contributed by atoms with Crippen LogP contribution in [-0.2, 0) is 13.1 Å². The van der Waals surface area contributed by atoms with E-state index in [4.69, 9.17) is 0 Å². The van der Waals surface area contributed by atoms with E-state index in [1.807, 2.05) is 30.6 Å². The third-order valence-electron chi connectivity index (χ3n) is 3.46. The van der Waals surface area contributed by atoms with E-state index in [0.29, 0.717) is 6.54 Å². The van der Waals surface area contributed by atoms with Gasteiger partial charge >= 0.3 is 0 Å². The van der Waals surface area contributed by atoms with E-state index >= 15 is 0 Å². The molecule has 0 unspecified atom stereocenters. The maximum Gasteiger partial charge on any atom is 0.250 e. The molecule has 0 saturated carbocycles. The normalized spacial score (nSPS) is 10.9. The zero-order valence-corrected chi connectivity index (χ0v) is 11.7. The quantitative estimate of drug-likeness (QED) is 0.728. The Morgan fingerprint density at radius 3 is 2.86 bits per heavy atom. The molecular weight excluding hydrogens is 262 g/mol. The summed E-state index contributed by atoms with van der Waals surface area (Å²) in [5, 5.41) is 4.52. The number of nitrogens with zero attached hydrogens (tertiary/aromatic N) is 2. The number of rotatable bonds is 5. The molecule has 1 aromatic carbocycles. The smallest absolute Gasteiger partial charge is 0.250 e. The fraction of sp³-hybridized carbons (Fsp3) is 0.176. The van der Waals surface area contributed by atoms with Crippen LogP contribution in [0.5, 0.6) is 0 Å². The van der Waals surface area contributed by atoms with Crippen LogP contribution in [0.3, 0.4) is 0 Å². The van der Waals surface area contributed by atoms with E-state index in [9.17, 15) is 4.79 Å². The minimum Gasteiger partial charge on any atom is -0.314 e. The van der Waals surface area contributed by atoms with Crippen LogP contribution in [-0.4, -0.2) is 16.1 Å². The molecule has 0 bridgehead atoms. The summed E-state index contributed by atoms with van der Waals surface area (Å²) in [6, 6.07) is 15.4. The summed E-state index contributed by atoms with van der Waals surface area (Å²) >= 11 is 0. The zero-order valence-electron chi connectivity index (χ0n) is 11.7. The van der Waals surface area contributed by atoms with Crippen LogP contribution in [0.15, 0.2) is 65.7 Å². The molecule has 21 heavy (non-hydrogen) atoms. The van der Waals surface area contributed by atoms with Crippen LogP contribution in [0.2, 0.25) is 0 Å². The Bertz CT molecular complexity index is 790. The lowest BCUT2D eigenvalue weighted by Gasteiger charge is -2.08. The standard InChI is InChI=1S/C17H17N3O/c21-16-8-1-2-11-20(16)12-10-18-13-15-6-3-5-14-7-4-9-19-17(14)15/h1-9,11,18H,10,12-13H2. The van der Waals surface area contributed by atoms with Gasteiger partial charge in [-0.1, -0.05) is 30.3 Å². The Balaban J connectivity index is 1.63. The Morgan fingerprint density at radius 1 is 1.05 bits per heavy atom. The van der Waals surface area contributed by atoms with E-state index < -0.39 is 0 Å². The van der Waals surface area contributed by atoms with Crippen molar-refractivity contribution in [2.45, 2.75) is 13.1 Å². The van der Waals surface area contributed by atoms with E-state index in [1.165, 1.54) is 5.56 Å². The molecule has 0 atom stereocenters. The highest BCUT2D eigenvalue weighted by molar-refractivity contribution is 5.81. The van der Waals surface area contributed by atoms with Crippen molar-refractivity contribution in [3.05, 3.63) is 76.8 Å². The third-order valence-corrected chi connectivity index (χ3v) is 3.46. The number of hydrogen-bond donors (Lipinski definition) is 1. The average molecular weight is 279 g/mol. The molecule has 0 aliphatic carbocycles. The second kappa shape index (κ2) is 6.33. The van der Waals surface area contributed by atoms with Gasteiger partial charge in [0, 0.05) is 43.5 Å². The number of nitrogens with one attached hydrogen (secondary N) is 1. The number of para-hydroxylation sites is 1. The van der Waals surface area contributed by atoms with E-state index in [2.05, 4.69) is 28.5 Å². The van der Waals surface area contributed by atoms with Crippen LogP contribution in [0, 0.1) is 0 Å². The summed E-state index contributed by atoms with van der Waals surface area (Å²) in [4.78, 5) is 16.0. The first-order chi connectivity index (χ1) is 10.3. The first kappa shape index (κ1) is 13.5. The highest BCUT2D eigenvalue weighted by Gasteiger charge is 2.01. The van der Waals surface area contributed by atoms with Gasteiger partial charge < -0.3 is 9.88 Å². The van der Waals surface area contributed by atoms with Gasteiger partial charge in [-0.3, -0.25) is 9.78 Å². The molecule has 0 fully saturated rings. The van der Waals surface area contributed by atoms with Crippen molar-refractivity contribution >= 4 is 10.9 Å². The molecule has 0 amide bonds. The molecular formula is C17H17N3O. The maximum atomic E-state index is 11.6. The van der Waals surface area contributed by atoms with Crippen LogP contribution in [0.25, 0.3) is 10.9 Å². The number of fused-ring (bicyclic) bond motifs is 1. The predicted molar refractivity (Wildman–Crippen MR) is 84.2 cm³/mol. The minimum atomic E-state index is 0.0335. The molecule has 1 N–H and O–H groups in total. The van der Waals surface area contributed by atoms with Gasteiger partial charge in [-0.2, -0.15) is 0 Å². The Kier molecular flexibility index (Phi) is 4.07. The lowest BCUT2D eigenvalue weighted by Crippen LogP contribution is -2.25. The monoisotopic (exact) mass is 279 g/mol. The van der Waals surface area contributed by atoms with Gasteiger partial charge in [0.15, 0.2) is 0 Å². The Hall–Kier alpha value is -2.46. The zero-order chi connectivity index (χ0) is 14.5. The van der Waals surface area contributed by atoms with Gasteiger partial charge in [-0.25, -0.2) is 0 Å². The molecule has 4 nitrogen and oxygen atoms in total. The molecule has 0 aliphatic heterocycles. The molecule has 0 radical (unpaired) electrons. The summed E-state index contributed by atoms with van der Waals surface area (Å²) in [6.07, 6.45) is 3.62. The van der Waals surface area contributed by atoms with E-state index in [-0.39, 0.29) is 5.56 Å². The minimum absolute atomic E-state index is 0.0335. The Labute approximate surface area is 123 Å². The van der Waals surface area contributed by atoms with Crippen LogP contribution in [0.4, 0.5) is 0 Å². The molecule has 2 aromatic heterocycles. The predicted octanol–water partition coefficient (Wildman–Crippen LogP) is 2.19. The van der Waals surface area contributed by atoms with Gasteiger partial charge in [0.1, 0.15) is 0 Å². The molecule has 3 rings (SSSR count). The highest BCUT2D eigenvalue weighted by atomic mass is 16.1. The van der Waals surface area contributed by atoms with Crippen molar-refractivity contribution in [3.8, 4) is 0 Å². The van der Waals surface area contributed by atoms with Crippen molar-refractivity contribution in [3.63, 3.8) is 0 Å². The first-order valence-electron chi connectivity index (χ1n) is 7.03. The maximum absolute atomic E-state index is 11.6. The van der Waals surface area contributed by atoms with Crippen LogP contribution >= 0.6 is 0 Å². The van der Waals surface area contributed by atoms with Gasteiger partial charge in [-0.05, 0) is 17.7 Å². The summed E-state index contributed by atoms with van der Waals surface area (Å²) in [5.74, 6) is 0.